The molecule has 0 aromatic carbocycles. The maximum atomic E-state index is 11.9. The van der Waals surface area contributed by atoms with Gasteiger partial charge < -0.3 is 24.1 Å². The third-order valence-electron chi connectivity index (χ3n) is 3.94. The van der Waals surface area contributed by atoms with Gasteiger partial charge in [-0.15, -0.1) is 5.10 Å². The summed E-state index contributed by atoms with van der Waals surface area (Å²) in [4.78, 5) is 11.9. The Morgan fingerprint density at radius 2 is 2.09 bits per heavy atom. The van der Waals surface area contributed by atoms with Crippen LogP contribution in [0.25, 0.3) is 0 Å². The van der Waals surface area contributed by atoms with Gasteiger partial charge >= 0.3 is 5.97 Å². The number of hydrogen-bond donors (Lipinski definition) is 1. The zero-order valence-electron chi connectivity index (χ0n) is 13.6. The van der Waals surface area contributed by atoms with E-state index in [0.717, 1.165) is 0 Å². The molecule has 128 valence electrons. The molecule has 3 rings (SSSR count). The van der Waals surface area contributed by atoms with Crippen molar-refractivity contribution in [3.63, 3.8) is 0 Å². The highest BCUT2D eigenvalue weighted by atomic mass is 16.8. The molecule has 4 atom stereocenters. The van der Waals surface area contributed by atoms with Crippen molar-refractivity contribution < 1.29 is 28.8 Å². The molecule has 0 aliphatic carbocycles. The van der Waals surface area contributed by atoms with E-state index in [-0.39, 0.29) is 18.9 Å². The lowest BCUT2D eigenvalue weighted by Gasteiger charge is -2.23. The molecule has 2 saturated heterocycles. The molecule has 2 aliphatic heterocycles. The largest absolute Gasteiger partial charge is 0.461 e. The number of aliphatic hydroxyl groups excluding tert-OH is 1. The van der Waals surface area contributed by atoms with E-state index in [9.17, 15) is 9.90 Å². The van der Waals surface area contributed by atoms with Crippen LogP contribution in [0.4, 0.5) is 0 Å². The second kappa shape index (κ2) is 5.82. The van der Waals surface area contributed by atoms with Crippen molar-refractivity contribution in [2.45, 2.75) is 58.0 Å². The number of esters is 1. The molecule has 1 N–H and O–H groups in total. The number of carbonyl (C=O) groups is 1. The van der Waals surface area contributed by atoms with Crippen LogP contribution < -0.4 is 0 Å². The summed E-state index contributed by atoms with van der Waals surface area (Å²) in [5.74, 6) is -1.31. The molecule has 23 heavy (non-hydrogen) atoms. The second-order valence-corrected chi connectivity index (χ2v) is 6.00. The van der Waals surface area contributed by atoms with Gasteiger partial charge in [-0.1, -0.05) is 5.21 Å². The number of hydrogen-bond acceptors (Lipinski definition) is 8. The number of ether oxygens (including phenoxy) is 4. The van der Waals surface area contributed by atoms with Gasteiger partial charge in [0.1, 0.15) is 18.3 Å². The van der Waals surface area contributed by atoms with Crippen molar-refractivity contribution in [1.29, 1.82) is 0 Å². The average molecular weight is 327 g/mol. The predicted molar refractivity (Wildman–Crippen MR) is 75.5 cm³/mol. The predicted octanol–water partition coefficient (Wildman–Crippen LogP) is 0.173. The number of aliphatic hydroxyl groups is 1. The summed E-state index contributed by atoms with van der Waals surface area (Å²) in [7, 11) is 0. The second-order valence-electron chi connectivity index (χ2n) is 6.00. The minimum atomic E-state index is -0.775. The molecule has 2 fully saturated rings. The number of rotatable bonds is 4. The van der Waals surface area contributed by atoms with Gasteiger partial charge in [0.15, 0.2) is 17.7 Å². The van der Waals surface area contributed by atoms with Gasteiger partial charge in [-0.2, -0.15) is 0 Å². The SMILES string of the molecule is CCOC(=O)c1nnn([C@@H]2O[C@H](CO)[C@H]3OC(C)(C)O[C@H]32)c1C. The van der Waals surface area contributed by atoms with Crippen molar-refractivity contribution in [2.75, 3.05) is 13.2 Å². The summed E-state index contributed by atoms with van der Waals surface area (Å²) >= 11 is 0. The van der Waals surface area contributed by atoms with E-state index in [1.54, 1.807) is 27.7 Å². The zero-order valence-corrected chi connectivity index (χ0v) is 13.6. The van der Waals surface area contributed by atoms with Crippen LogP contribution in [0.15, 0.2) is 0 Å². The molecule has 9 nitrogen and oxygen atoms in total. The molecule has 9 heteroatoms. The summed E-state index contributed by atoms with van der Waals surface area (Å²) in [6.45, 7) is 7.09. The van der Waals surface area contributed by atoms with Crippen molar-refractivity contribution in [3.05, 3.63) is 11.4 Å². The Bertz CT molecular complexity index is 601. The van der Waals surface area contributed by atoms with Crippen LogP contribution in [0.5, 0.6) is 0 Å². The van der Waals surface area contributed by atoms with E-state index >= 15 is 0 Å². The zero-order chi connectivity index (χ0) is 16.8. The van der Waals surface area contributed by atoms with Gasteiger partial charge in [-0.3, -0.25) is 0 Å². The van der Waals surface area contributed by atoms with E-state index in [0.29, 0.717) is 5.69 Å². The Morgan fingerprint density at radius 3 is 2.74 bits per heavy atom. The minimum absolute atomic E-state index is 0.137. The van der Waals surface area contributed by atoms with Crippen LogP contribution >= 0.6 is 0 Å². The van der Waals surface area contributed by atoms with E-state index in [1.807, 2.05) is 0 Å². The Hall–Kier alpha value is -1.55. The molecular formula is C14H21N3O6. The molecule has 0 amide bonds. The average Bonchev–Trinajstić information content (AvgIpc) is 3.10. The third-order valence-corrected chi connectivity index (χ3v) is 3.94. The Labute approximate surface area is 133 Å². The summed E-state index contributed by atoms with van der Waals surface area (Å²) in [6, 6.07) is 0. The molecule has 1 aromatic rings. The first-order chi connectivity index (χ1) is 10.9. The van der Waals surface area contributed by atoms with Gasteiger partial charge in [-0.05, 0) is 27.7 Å². The Balaban J connectivity index is 1.89. The third kappa shape index (κ3) is 2.74. The number of nitrogens with zero attached hydrogens (tertiary/aromatic N) is 3. The van der Waals surface area contributed by atoms with Gasteiger partial charge in [-0.25, -0.2) is 9.48 Å². The number of carbonyl (C=O) groups excluding carboxylic acids is 1. The van der Waals surface area contributed by atoms with E-state index in [4.69, 9.17) is 18.9 Å². The molecule has 0 radical (unpaired) electrons. The number of aromatic nitrogens is 3. The van der Waals surface area contributed by atoms with Crippen molar-refractivity contribution in [1.82, 2.24) is 15.0 Å². The first-order valence-corrected chi connectivity index (χ1v) is 7.58. The monoisotopic (exact) mass is 327 g/mol. The highest BCUT2D eigenvalue weighted by Crippen LogP contribution is 2.43. The quantitative estimate of drug-likeness (QED) is 0.781. The van der Waals surface area contributed by atoms with Crippen molar-refractivity contribution in [2.24, 2.45) is 0 Å². The lowest BCUT2D eigenvalue weighted by Crippen LogP contribution is -2.31. The molecule has 2 aliphatic rings. The van der Waals surface area contributed by atoms with Crippen LogP contribution in [0.3, 0.4) is 0 Å². The minimum Gasteiger partial charge on any atom is -0.461 e. The first kappa shape index (κ1) is 16.3. The summed E-state index contributed by atoms with van der Waals surface area (Å²) in [5, 5.41) is 17.4. The van der Waals surface area contributed by atoms with Gasteiger partial charge in [0, 0.05) is 0 Å². The van der Waals surface area contributed by atoms with Crippen LogP contribution in [0.2, 0.25) is 0 Å². The van der Waals surface area contributed by atoms with E-state index in [2.05, 4.69) is 10.3 Å². The fourth-order valence-electron chi connectivity index (χ4n) is 2.97. The Morgan fingerprint density at radius 1 is 1.39 bits per heavy atom. The van der Waals surface area contributed by atoms with E-state index in [1.165, 1.54) is 4.68 Å². The molecular weight excluding hydrogens is 306 g/mol. The number of fused-ring (bicyclic) bond motifs is 1. The Kier molecular flexibility index (Phi) is 4.13. The van der Waals surface area contributed by atoms with Gasteiger partial charge in [0.05, 0.1) is 18.9 Å². The summed E-state index contributed by atoms with van der Waals surface area (Å²) < 4.78 is 23.9. The fraction of sp³-hybridized carbons (Fsp3) is 0.786. The van der Waals surface area contributed by atoms with Crippen molar-refractivity contribution >= 4 is 5.97 Å². The van der Waals surface area contributed by atoms with Gasteiger partial charge in [0.25, 0.3) is 0 Å². The maximum absolute atomic E-state index is 11.9. The maximum Gasteiger partial charge on any atom is 0.360 e. The van der Waals surface area contributed by atoms with Crippen LogP contribution in [0.1, 0.15) is 43.2 Å². The lowest BCUT2D eigenvalue weighted by molar-refractivity contribution is -0.201. The lowest BCUT2D eigenvalue weighted by atomic mass is 10.1. The van der Waals surface area contributed by atoms with Crippen LogP contribution in [-0.2, 0) is 18.9 Å². The normalized spacial score (nSPS) is 32.0. The standard InChI is InChI=1S/C14H21N3O6/c1-5-20-13(19)9-7(2)17(16-15-9)12-11-10(8(6-18)21-12)22-14(3,4)23-11/h8,10-12,18H,5-6H2,1-4H3/t8-,10-,11-,12-/m1/s1. The van der Waals surface area contributed by atoms with Crippen molar-refractivity contribution in [3.8, 4) is 0 Å². The molecule has 0 unspecified atom stereocenters. The topological polar surface area (TPSA) is 105 Å². The molecule has 1 aromatic heterocycles. The van der Waals surface area contributed by atoms with Crippen LogP contribution in [0, 0.1) is 6.92 Å². The molecule has 0 saturated carbocycles. The highest BCUT2D eigenvalue weighted by molar-refractivity contribution is 5.88. The first-order valence-electron chi connectivity index (χ1n) is 7.58. The smallest absolute Gasteiger partial charge is 0.360 e. The molecule has 0 bridgehead atoms. The highest BCUT2D eigenvalue weighted by Gasteiger charge is 2.56. The van der Waals surface area contributed by atoms with E-state index < -0.39 is 36.3 Å². The van der Waals surface area contributed by atoms with Gasteiger partial charge in [0.2, 0.25) is 0 Å². The molecule has 0 spiro atoms. The summed E-state index contributed by atoms with van der Waals surface area (Å²) in [5.41, 5.74) is 0.650. The molecule has 3 heterocycles. The van der Waals surface area contributed by atoms with Crippen LogP contribution in [-0.4, -0.2) is 63.4 Å². The summed E-state index contributed by atoms with van der Waals surface area (Å²) in [6.07, 6.45) is -2.01. The fourth-order valence-corrected chi connectivity index (χ4v) is 2.97.